The molecule has 0 atom stereocenters. The second kappa shape index (κ2) is 5.79. The maximum atomic E-state index is 10.7. The number of aromatic nitrogens is 1. The Morgan fingerprint density at radius 3 is 2.45 bits per heavy atom. The zero-order valence-corrected chi connectivity index (χ0v) is 10.3. The SMILES string of the molecule is O=C(O)c1ccc(CNc2ccc([N+](=O)[O-])cn2)cc1. The van der Waals surface area contributed by atoms with E-state index in [1.54, 1.807) is 12.1 Å². The molecule has 0 bridgehead atoms. The van der Waals surface area contributed by atoms with Gasteiger partial charge in [-0.25, -0.2) is 9.78 Å². The predicted octanol–water partition coefficient (Wildman–Crippen LogP) is 2.30. The highest BCUT2D eigenvalue weighted by molar-refractivity contribution is 5.87. The van der Waals surface area contributed by atoms with Crippen molar-refractivity contribution >= 4 is 17.5 Å². The monoisotopic (exact) mass is 273 g/mol. The minimum Gasteiger partial charge on any atom is -0.478 e. The number of aromatic carboxylic acids is 1. The van der Waals surface area contributed by atoms with Crippen molar-refractivity contribution in [3.8, 4) is 0 Å². The van der Waals surface area contributed by atoms with Gasteiger partial charge in [0.15, 0.2) is 0 Å². The molecule has 0 aliphatic rings. The van der Waals surface area contributed by atoms with Gasteiger partial charge in [0.1, 0.15) is 12.0 Å². The first kappa shape index (κ1) is 13.5. The fourth-order valence-corrected chi connectivity index (χ4v) is 1.56. The summed E-state index contributed by atoms with van der Waals surface area (Å²) in [6.45, 7) is 0.449. The van der Waals surface area contributed by atoms with Gasteiger partial charge in [0.25, 0.3) is 5.69 Å². The van der Waals surface area contributed by atoms with Gasteiger partial charge in [-0.2, -0.15) is 0 Å². The average molecular weight is 273 g/mol. The van der Waals surface area contributed by atoms with Gasteiger partial charge in [-0.15, -0.1) is 0 Å². The summed E-state index contributed by atoms with van der Waals surface area (Å²) in [4.78, 5) is 24.6. The maximum absolute atomic E-state index is 10.7. The molecule has 0 aliphatic heterocycles. The van der Waals surface area contributed by atoms with E-state index in [-0.39, 0.29) is 11.3 Å². The summed E-state index contributed by atoms with van der Waals surface area (Å²) < 4.78 is 0. The fourth-order valence-electron chi connectivity index (χ4n) is 1.56. The van der Waals surface area contributed by atoms with Gasteiger partial charge in [-0.05, 0) is 23.8 Å². The quantitative estimate of drug-likeness (QED) is 0.639. The number of carbonyl (C=O) groups is 1. The molecule has 0 spiro atoms. The molecule has 0 saturated heterocycles. The number of carboxylic acids is 1. The molecule has 20 heavy (non-hydrogen) atoms. The Balaban J connectivity index is 1.97. The summed E-state index contributed by atoms with van der Waals surface area (Å²) in [5.74, 6) is -0.459. The molecule has 1 heterocycles. The molecule has 7 nitrogen and oxygen atoms in total. The van der Waals surface area contributed by atoms with Crippen LogP contribution in [0.25, 0.3) is 0 Å². The number of nitrogens with one attached hydrogen (secondary N) is 1. The van der Waals surface area contributed by atoms with Gasteiger partial charge < -0.3 is 10.4 Å². The first-order chi connectivity index (χ1) is 9.56. The Labute approximate surface area is 114 Å². The van der Waals surface area contributed by atoms with Crippen molar-refractivity contribution in [2.45, 2.75) is 6.54 Å². The predicted molar refractivity (Wildman–Crippen MR) is 71.6 cm³/mol. The van der Waals surface area contributed by atoms with Crippen molar-refractivity contribution in [2.75, 3.05) is 5.32 Å². The zero-order chi connectivity index (χ0) is 14.5. The lowest BCUT2D eigenvalue weighted by Gasteiger charge is -2.05. The van der Waals surface area contributed by atoms with Crippen LogP contribution in [0.3, 0.4) is 0 Å². The minimum absolute atomic E-state index is 0.0682. The second-order valence-corrected chi connectivity index (χ2v) is 4.01. The molecule has 0 amide bonds. The van der Waals surface area contributed by atoms with Crippen molar-refractivity contribution in [2.24, 2.45) is 0 Å². The van der Waals surface area contributed by atoms with Gasteiger partial charge in [-0.1, -0.05) is 12.1 Å². The van der Waals surface area contributed by atoms with Crippen LogP contribution < -0.4 is 5.32 Å². The van der Waals surface area contributed by atoms with E-state index in [0.29, 0.717) is 12.4 Å². The third-order valence-corrected chi connectivity index (χ3v) is 2.63. The number of pyridine rings is 1. The summed E-state index contributed by atoms with van der Waals surface area (Å²) >= 11 is 0. The summed E-state index contributed by atoms with van der Waals surface area (Å²) in [5.41, 5.74) is 1.04. The van der Waals surface area contributed by atoms with E-state index in [4.69, 9.17) is 5.11 Å². The molecule has 1 aromatic carbocycles. The summed E-state index contributed by atoms with van der Waals surface area (Å²) in [5, 5.41) is 22.2. The van der Waals surface area contributed by atoms with E-state index in [1.807, 2.05) is 0 Å². The van der Waals surface area contributed by atoms with Gasteiger partial charge in [0.2, 0.25) is 0 Å². The maximum Gasteiger partial charge on any atom is 0.335 e. The molecule has 2 rings (SSSR count). The van der Waals surface area contributed by atoms with Gasteiger partial charge >= 0.3 is 5.97 Å². The van der Waals surface area contributed by atoms with Crippen LogP contribution in [-0.4, -0.2) is 21.0 Å². The van der Waals surface area contributed by atoms with E-state index >= 15 is 0 Å². The van der Waals surface area contributed by atoms with E-state index in [9.17, 15) is 14.9 Å². The summed E-state index contributed by atoms with van der Waals surface area (Å²) in [6.07, 6.45) is 1.18. The lowest BCUT2D eigenvalue weighted by Crippen LogP contribution is -2.02. The number of hydrogen-bond acceptors (Lipinski definition) is 5. The van der Waals surface area contributed by atoms with Gasteiger partial charge in [0, 0.05) is 12.6 Å². The molecular weight excluding hydrogens is 262 g/mol. The number of benzene rings is 1. The molecule has 0 aliphatic carbocycles. The fraction of sp³-hybridized carbons (Fsp3) is 0.0769. The highest BCUT2D eigenvalue weighted by Gasteiger charge is 2.05. The molecule has 2 aromatic rings. The van der Waals surface area contributed by atoms with Crippen LogP contribution in [0.15, 0.2) is 42.6 Å². The first-order valence-electron chi connectivity index (χ1n) is 5.73. The molecule has 0 fully saturated rings. The first-order valence-corrected chi connectivity index (χ1v) is 5.73. The van der Waals surface area contributed by atoms with Crippen molar-refractivity contribution in [1.29, 1.82) is 0 Å². The second-order valence-electron chi connectivity index (χ2n) is 4.01. The number of anilines is 1. The number of rotatable bonds is 5. The highest BCUT2D eigenvalue weighted by atomic mass is 16.6. The van der Waals surface area contributed by atoms with E-state index in [1.165, 1.54) is 30.5 Å². The van der Waals surface area contributed by atoms with E-state index in [0.717, 1.165) is 5.56 Å². The van der Waals surface area contributed by atoms with Gasteiger partial charge in [0.05, 0.1) is 10.5 Å². The highest BCUT2D eigenvalue weighted by Crippen LogP contribution is 2.13. The number of carboxylic acid groups (broad SMARTS) is 1. The third-order valence-electron chi connectivity index (χ3n) is 2.63. The van der Waals surface area contributed by atoms with Crippen LogP contribution in [0.4, 0.5) is 11.5 Å². The van der Waals surface area contributed by atoms with Crippen LogP contribution in [0.1, 0.15) is 15.9 Å². The molecule has 0 unspecified atom stereocenters. The molecule has 1 aromatic heterocycles. The van der Waals surface area contributed by atoms with Crippen LogP contribution in [-0.2, 0) is 6.54 Å². The summed E-state index contributed by atoms with van der Waals surface area (Å²) in [6, 6.07) is 9.31. The number of hydrogen-bond donors (Lipinski definition) is 2. The Morgan fingerprint density at radius 1 is 1.25 bits per heavy atom. The standard InChI is InChI=1S/C13H11N3O4/c17-13(18)10-3-1-9(2-4-10)7-14-12-6-5-11(8-15-12)16(19)20/h1-6,8H,7H2,(H,14,15)(H,17,18). The zero-order valence-electron chi connectivity index (χ0n) is 10.3. The molecule has 0 saturated carbocycles. The van der Waals surface area contributed by atoms with Crippen molar-refractivity contribution in [3.05, 3.63) is 63.8 Å². The van der Waals surface area contributed by atoms with E-state index < -0.39 is 10.9 Å². The normalized spacial score (nSPS) is 10.0. The lowest BCUT2D eigenvalue weighted by atomic mass is 10.1. The Morgan fingerprint density at radius 2 is 1.95 bits per heavy atom. The Kier molecular flexibility index (Phi) is 3.90. The van der Waals surface area contributed by atoms with Crippen LogP contribution >= 0.6 is 0 Å². The van der Waals surface area contributed by atoms with Gasteiger partial charge in [-0.3, -0.25) is 10.1 Å². The smallest absolute Gasteiger partial charge is 0.335 e. The average Bonchev–Trinajstić information content (AvgIpc) is 2.46. The van der Waals surface area contributed by atoms with Crippen molar-refractivity contribution in [1.82, 2.24) is 4.98 Å². The molecule has 7 heteroatoms. The molecule has 2 N–H and O–H groups in total. The number of nitrogens with zero attached hydrogens (tertiary/aromatic N) is 2. The largest absolute Gasteiger partial charge is 0.478 e. The molecular formula is C13H11N3O4. The van der Waals surface area contributed by atoms with Crippen LogP contribution in [0.2, 0.25) is 0 Å². The Bertz CT molecular complexity index is 566. The minimum atomic E-state index is -0.971. The molecule has 102 valence electrons. The van der Waals surface area contributed by atoms with Crippen LogP contribution in [0, 0.1) is 10.1 Å². The van der Waals surface area contributed by atoms with E-state index in [2.05, 4.69) is 10.3 Å². The third kappa shape index (κ3) is 3.29. The summed E-state index contributed by atoms with van der Waals surface area (Å²) in [7, 11) is 0. The molecule has 0 radical (unpaired) electrons. The lowest BCUT2D eigenvalue weighted by molar-refractivity contribution is -0.385. The van der Waals surface area contributed by atoms with Crippen LogP contribution in [0.5, 0.6) is 0 Å². The number of nitro groups is 1. The Hall–Kier alpha value is -2.96. The van der Waals surface area contributed by atoms with Crippen molar-refractivity contribution in [3.63, 3.8) is 0 Å². The van der Waals surface area contributed by atoms with Crippen molar-refractivity contribution < 1.29 is 14.8 Å². The topological polar surface area (TPSA) is 105 Å².